The molecule has 0 spiro atoms. The zero-order valence-corrected chi connectivity index (χ0v) is 25.3. The summed E-state index contributed by atoms with van der Waals surface area (Å²) in [6.07, 6.45) is 20.6. The summed E-state index contributed by atoms with van der Waals surface area (Å²) in [5, 5.41) is 7.11. The number of rotatable bonds is 21. The van der Waals surface area contributed by atoms with Crippen LogP contribution in [0.1, 0.15) is 113 Å². The second-order valence-corrected chi connectivity index (χ2v) is 11.2. The minimum absolute atomic E-state index is 0.146. The Morgan fingerprint density at radius 3 is 1.98 bits per heavy atom. The maximum absolute atomic E-state index is 13.3. The number of benzene rings is 2. The van der Waals surface area contributed by atoms with Crippen molar-refractivity contribution in [2.75, 3.05) is 13.7 Å². The third-order valence-corrected chi connectivity index (χ3v) is 7.90. The first-order valence-corrected chi connectivity index (χ1v) is 15.9. The lowest BCUT2D eigenvalue weighted by Crippen LogP contribution is -2.48. The van der Waals surface area contributed by atoms with E-state index in [9.17, 15) is 9.59 Å². The largest absolute Gasteiger partial charge is 0.497 e. The van der Waals surface area contributed by atoms with Gasteiger partial charge in [-0.15, -0.1) is 0 Å². The SMILES string of the molecule is CCCCCCCCCCCCCCCCNC(=O)C(Cc1c[nH]c2ccccc12)NC(=O)c1ccc(OC)cc1. The van der Waals surface area contributed by atoms with Gasteiger partial charge in [-0.1, -0.05) is 109 Å². The Hall–Kier alpha value is -3.28. The molecule has 2 aromatic carbocycles. The molecule has 2 amide bonds. The van der Waals surface area contributed by atoms with E-state index in [1.807, 2.05) is 30.5 Å². The number of para-hydroxylation sites is 1. The molecule has 1 unspecified atom stereocenters. The van der Waals surface area contributed by atoms with E-state index in [0.29, 0.717) is 24.3 Å². The summed E-state index contributed by atoms with van der Waals surface area (Å²) in [4.78, 5) is 29.5. The Bertz CT molecular complexity index is 1150. The van der Waals surface area contributed by atoms with Gasteiger partial charge in [0.25, 0.3) is 5.91 Å². The zero-order chi connectivity index (χ0) is 29.1. The van der Waals surface area contributed by atoms with Gasteiger partial charge in [-0.25, -0.2) is 0 Å². The average molecular weight is 562 g/mol. The van der Waals surface area contributed by atoms with E-state index >= 15 is 0 Å². The molecule has 41 heavy (non-hydrogen) atoms. The number of methoxy groups -OCH3 is 1. The van der Waals surface area contributed by atoms with Crippen molar-refractivity contribution in [3.05, 3.63) is 65.9 Å². The third kappa shape index (κ3) is 11.6. The lowest BCUT2D eigenvalue weighted by molar-refractivity contribution is -0.122. The molecule has 6 nitrogen and oxygen atoms in total. The monoisotopic (exact) mass is 561 g/mol. The molecule has 0 aliphatic rings. The van der Waals surface area contributed by atoms with Crippen molar-refractivity contribution in [1.82, 2.24) is 15.6 Å². The number of hydrogen-bond donors (Lipinski definition) is 3. The molecule has 0 saturated heterocycles. The molecule has 3 N–H and O–H groups in total. The maximum Gasteiger partial charge on any atom is 0.251 e. The summed E-state index contributed by atoms with van der Waals surface area (Å²) in [5.74, 6) is 0.263. The first-order chi connectivity index (χ1) is 20.1. The van der Waals surface area contributed by atoms with Crippen LogP contribution < -0.4 is 15.4 Å². The van der Waals surface area contributed by atoms with Gasteiger partial charge in [0.05, 0.1) is 7.11 Å². The molecule has 3 aromatic rings. The van der Waals surface area contributed by atoms with Crippen molar-refractivity contribution in [2.24, 2.45) is 0 Å². The molecular formula is C35H51N3O3. The fourth-order valence-corrected chi connectivity index (χ4v) is 5.37. The number of fused-ring (bicyclic) bond motifs is 1. The maximum atomic E-state index is 13.3. The number of carbonyl (C=O) groups is 2. The highest BCUT2D eigenvalue weighted by Crippen LogP contribution is 2.20. The highest BCUT2D eigenvalue weighted by molar-refractivity contribution is 5.98. The number of unbranched alkanes of at least 4 members (excludes halogenated alkanes) is 13. The summed E-state index contributed by atoms with van der Waals surface area (Å²) in [6.45, 7) is 2.89. The van der Waals surface area contributed by atoms with Crippen molar-refractivity contribution < 1.29 is 14.3 Å². The van der Waals surface area contributed by atoms with Crippen LogP contribution in [0.3, 0.4) is 0 Å². The lowest BCUT2D eigenvalue weighted by Gasteiger charge is -2.19. The van der Waals surface area contributed by atoms with Crippen molar-refractivity contribution in [1.29, 1.82) is 0 Å². The first-order valence-electron chi connectivity index (χ1n) is 15.9. The van der Waals surface area contributed by atoms with Crippen LogP contribution in [0.15, 0.2) is 54.7 Å². The van der Waals surface area contributed by atoms with Crippen LogP contribution >= 0.6 is 0 Å². The van der Waals surface area contributed by atoms with Gasteiger partial charge in [0.2, 0.25) is 5.91 Å². The summed E-state index contributed by atoms with van der Waals surface area (Å²) >= 11 is 0. The second kappa shape index (κ2) is 19.0. The standard InChI is InChI=1S/C35H51N3O3/c1-3-4-5-6-7-8-9-10-11-12-13-14-15-18-25-36-35(40)33(26-29-27-37-32-20-17-16-19-31(29)32)38-34(39)28-21-23-30(41-2)24-22-28/h16-17,19-24,27,33,37H,3-15,18,25-26H2,1-2H3,(H,36,40)(H,38,39). The number of hydrogen-bond acceptors (Lipinski definition) is 3. The molecule has 1 aromatic heterocycles. The fourth-order valence-electron chi connectivity index (χ4n) is 5.37. The molecule has 0 radical (unpaired) electrons. The van der Waals surface area contributed by atoms with Gasteiger partial charge < -0.3 is 20.4 Å². The van der Waals surface area contributed by atoms with Gasteiger partial charge in [-0.2, -0.15) is 0 Å². The zero-order valence-electron chi connectivity index (χ0n) is 25.3. The first kappa shape index (κ1) is 32.2. The molecule has 1 heterocycles. The van der Waals surface area contributed by atoms with Gasteiger partial charge in [0.15, 0.2) is 0 Å². The fraction of sp³-hybridized carbons (Fsp3) is 0.543. The quantitative estimate of drug-likeness (QED) is 0.115. The number of carbonyl (C=O) groups excluding carboxylic acids is 2. The predicted molar refractivity (Wildman–Crippen MR) is 170 cm³/mol. The summed E-state index contributed by atoms with van der Waals surface area (Å²) in [7, 11) is 1.59. The highest BCUT2D eigenvalue weighted by atomic mass is 16.5. The molecule has 0 aliphatic carbocycles. The molecule has 1 atom stereocenters. The molecule has 6 heteroatoms. The summed E-state index contributed by atoms with van der Waals surface area (Å²) in [6, 6.07) is 14.3. The van der Waals surface area contributed by atoms with Gasteiger partial charge in [-0.05, 0) is 42.3 Å². The number of aromatic nitrogens is 1. The molecule has 0 aliphatic heterocycles. The average Bonchev–Trinajstić information content (AvgIpc) is 3.41. The van der Waals surface area contributed by atoms with Crippen molar-refractivity contribution >= 4 is 22.7 Å². The minimum atomic E-state index is -0.671. The van der Waals surface area contributed by atoms with Gasteiger partial charge in [0, 0.05) is 35.6 Å². The minimum Gasteiger partial charge on any atom is -0.497 e. The van der Waals surface area contributed by atoms with Crippen molar-refractivity contribution in [2.45, 2.75) is 109 Å². The second-order valence-electron chi connectivity index (χ2n) is 11.2. The van der Waals surface area contributed by atoms with Crippen LogP contribution in [-0.2, 0) is 11.2 Å². The van der Waals surface area contributed by atoms with Crippen molar-refractivity contribution in [3.8, 4) is 5.75 Å². The third-order valence-electron chi connectivity index (χ3n) is 7.90. The van der Waals surface area contributed by atoms with Crippen LogP contribution in [0.4, 0.5) is 0 Å². The number of ether oxygens (including phenoxy) is 1. The van der Waals surface area contributed by atoms with E-state index in [1.54, 1.807) is 31.4 Å². The van der Waals surface area contributed by atoms with E-state index in [-0.39, 0.29) is 11.8 Å². The van der Waals surface area contributed by atoms with Crippen LogP contribution in [0.5, 0.6) is 5.75 Å². The number of aromatic amines is 1. The van der Waals surface area contributed by atoms with E-state index in [1.165, 1.54) is 77.0 Å². The summed E-state index contributed by atoms with van der Waals surface area (Å²) in [5.41, 5.74) is 2.52. The Balaban J connectivity index is 1.39. The van der Waals surface area contributed by atoms with Gasteiger partial charge in [-0.3, -0.25) is 9.59 Å². The topological polar surface area (TPSA) is 83.2 Å². The van der Waals surface area contributed by atoms with E-state index in [2.05, 4.69) is 22.5 Å². The Labute approximate surface area is 247 Å². The normalized spacial score (nSPS) is 11.9. The Morgan fingerprint density at radius 2 is 1.37 bits per heavy atom. The van der Waals surface area contributed by atoms with Crippen LogP contribution in [0, 0.1) is 0 Å². The van der Waals surface area contributed by atoms with E-state index in [0.717, 1.165) is 29.3 Å². The molecule has 0 bridgehead atoms. The highest BCUT2D eigenvalue weighted by Gasteiger charge is 2.23. The Kier molecular flexibility index (Phi) is 14.9. The van der Waals surface area contributed by atoms with Crippen LogP contribution in [0.2, 0.25) is 0 Å². The number of nitrogens with one attached hydrogen (secondary N) is 3. The Morgan fingerprint density at radius 1 is 0.780 bits per heavy atom. The van der Waals surface area contributed by atoms with E-state index in [4.69, 9.17) is 4.74 Å². The molecule has 3 rings (SSSR count). The summed E-state index contributed by atoms with van der Waals surface area (Å²) < 4.78 is 5.20. The molecule has 0 saturated carbocycles. The van der Waals surface area contributed by atoms with Crippen LogP contribution in [0.25, 0.3) is 10.9 Å². The molecule has 0 fully saturated rings. The molecular weight excluding hydrogens is 510 g/mol. The number of amides is 2. The van der Waals surface area contributed by atoms with Crippen molar-refractivity contribution in [3.63, 3.8) is 0 Å². The molecule has 224 valence electrons. The van der Waals surface area contributed by atoms with Gasteiger partial charge >= 0.3 is 0 Å². The lowest BCUT2D eigenvalue weighted by atomic mass is 10.0. The number of H-pyrrole nitrogens is 1. The van der Waals surface area contributed by atoms with Crippen LogP contribution in [-0.4, -0.2) is 36.5 Å². The predicted octanol–water partition coefficient (Wildman–Crippen LogP) is 8.12. The van der Waals surface area contributed by atoms with E-state index < -0.39 is 6.04 Å². The smallest absolute Gasteiger partial charge is 0.251 e. The van der Waals surface area contributed by atoms with Gasteiger partial charge in [0.1, 0.15) is 11.8 Å².